The van der Waals surface area contributed by atoms with Crippen LogP contribution in [0.25, 0.3) is 16.6 Å². The lowest BCUT2D eigenvalue weighted by atomic mass is 10.2. The van der Waals surface area contributed by atoms with E-state index in [4.69, 9.17) is 0 Å². The van der Waals surface area contributed by atoms with Crippen LogP contribution in [0, 0.1) is 0 Å². The molecule has 0 atom stereocenters. The minimum Gasteiger partial charge on any atom is -0.323 e. The van der Waals surface area contributed by atoms with E-state index in [1.807, 2.05) is 36.1 Å². The van der Waals surface area contributed by atoms with Crippen LogP contribution in [0.5, 0.6) is 0 Å². The summed E-state index contributed by atoms with van der Waals surface area (Å²) >= 11 is 0. The Morgan fingerprint density at radius 2 is 2.15 bits per heavy atom. The fourth-order valence-electron chi connectivity index (χ4n) is 2.15. The maximum atomic E-state index is 4.35. The summed E-state index contributed by atoms with van der Waals surface area (Å²) in [6.07, 6.45) is 6.95. The quantitative estimate of drug-likeness (QED) is 0.598. The van der Waals surface area contributed by atoms with Crippen molar-refractivity contribution < 1.29 is 0 Å². The highest BCUT2D eigenvalue weighted by atomic mass is 15.3. The summed E-state index contributed by atoms with van der Waals surface area (Å²) in [6, 6.07) is 6.02. The molecule has 4 aromatic rings. The van der Waals surface area contributed by atoms with Gasteiger partial charge in [0, 0.05) is 30.5 Å². The average Bonchev–Trinajstić information content (AvgIpc) is 3.02. The van der Waals surface area contributed by atoms with Crippen molar-refractivity contribution in [1.29, 1.82) is 0 Å². The van der Waals surface area contributed by atoms with Crippen LogP contribution in [-0.2, 0) is 7.05 Å². The lowest BCUT2D eigenvalue weighted by Crippen LogP contribution is -1.94. The summed E-state index contributed by atoms with van der Waals surface area (Å²) in [6.45, 7) is 0. The van der Waals surface area contributed by atoms with Crippen molar-refractivity contribution in [2.75, 3.05) is 5.32 Å². The lowest BCUT2D eigenvalue weighted by Gasteiger charge is -2.02. The summed E-state index contributed by atoms with van der Waals surface area (Å²) in [5, 5.41) is 12.8. The fraction of sp³-hybridized carbons (Fsp3) is 0.0769. The van der Waals surface area contributed by atoms with E-state index in [2.05, 4.69) is 25.5 Å². The second kappa shape index (κ2) is 4.02. The van der Waals surface area contributed by atoms with Gasteiger partial charge in [-0.25, -0.2) is 4.52 Å². The highest BCUT2D eigenvalue weighted by Gasteiger charge is 2.05. The van der Waals surface area contributed by atoms with Crippen LogP contribution in [0.4, 0.5) is 11.6 Å². The Kier molecular flexibility index (Phi) is 2.19. The zero-order chi connectivity index (χ0) is 13.5. The van der Waals surface area contributed by atoms with Crippen LogP contribution in [0.1, 0.15) is 0 Å². The molecule has 0 spiro atoms. The van der Waals surface area contributed by atoms with Gasteiger partial charge >= 0.3 is 0 Å². The molecule has 4 rings (SSSR count). The largest absolute Gasteiger partial charge is 0.323 e. The second-order valence-electron chi connectivity index (χ2n) is 4.48. The Hall–Kier alpha value is -2.96. The average molecular weight is 265 g/mol. The molecule has 0 fully saturated rings. The van der Waals surface area contributed by atoms with Crippen LogP contribution in [0.2, 0.25) is 0 Å². The van der Waals surface area contributed by atoms with Gasteiger partial charge in [-0.1, -0.05) is 0 Å². The number of aromatic nitrogens is 6. The van der Waals surface area contributed by atoms with Gasteiger partial charge in [-0.15, -0.1) is 5.10 Å². The summed E-state index contributed by atoms with van der Waals surface area (Å²) in [5.41, 5.74) is 2.68. The molecule has 0 bridgehead atoms. The molecule has 0 saturated heterocycles. The zero-order valence-electron chi connectivity index (χ0n) is 10.7. The number of rotatable bonds is 2. The molecule has 1 N–H and O–H groups in total. The van der Waals surface area contributed by atoms with Gasteiger partial charge in [-0.05, 0) is 18.2 Å². The number of hydrogen-bond donors (Lipinski definition) is 1. The first-order chi connectivity index (χ1) is 9.79. The number of anilines is 2. The maximum Gasteiger partial charge on any atom is 0.247 e. The predicted octanol–water partition coefficient (Wildman–Crippen LogP) is 1.75. The SMILES string of the molecule is Cn1ncc2ccc(Nc3nc4cnccn4n3)cc21. The molecule has 0 unspecified atom stereocenters. The fourth-order valence-corrected chi connectivity index (χ4v) is 2.15. The van der Waals surface area contributed by atoms with Gasteiger partial charge in [0.1, 0.15) is 0 Å². The molecular formula is C13H11N7. The van der Waals surface area contributed by atoms with Gasteiger partial charge in [0.2, 0.25) is 5.95 Å². The van der Waals surface area contributed by atoms with Crippen molar-refractivity contribution in [2.24, 2.45) is 7.05 Å². The first kappa shape index (κ1) is 10.9. The molecule has 0 aliphatic carbocycles. The molecule has 7 nitrogen and oxygen atoms in total. The molecule has 3 heterocycles. The summed E-state index contributed by atoms with van der Waals surface area (Å²) in [4.78, 5) is 8.37. The van der Waals surface area contributed by atoms with E-state index in [0.29, 0.717) is 11.6 Å². The number of aryl methyl sites for hydroxylation is 1. The maximum absolute atomic E-state index is 4.35. The van der Waals surface area contributed by atoms with Crippen LogP contribution in [0.3, 0.4) is 0 Å². The Labute approximate surface area is 113 Å². The number of nitrogens with one attached hydrogen (secondary N) is 1. The standard InChI is InChI=1S/C13H11N7/c1-19-11-6-10(3-2-9(11)7-15-19)16-13-17-12-8-14-4-5-20(12)18-13/h2-8H,1H3,(H,16,18). The number of benzene rings is 1. The molecule has 0 saturated carbocycles. The van der Waals surface area contributed by atoms with E-state index in [1.165, 1.54) is 0 Å². The van der Waals surface area contributed by atoms with Gasteiger partial charge in [-0.2, -0.15) is 10.1 Å². The Bertz CT molecular complexity index is 872. The number of fused-ring (bicyclic) bond motifs is 2. The molecule has 98 valence electrons. The third kappa shape index (κ3) is 1.68. The van der Waals surface area contributed by atoms with Crippen molar-refractivity contribution >= 4 is 28.2 Å². The molecule has 0 amide bonds. The van der Waals surface area contributed by atoms with Crippen molar-refractivity contribution in [1.82, 2.24) is 29.4 Å². The van der Waals surface area contributed by atoms with E-state index >= 15 is 0 Å². The van der Waals surface area contributed by atoms with Crippen LogP contribution in [-0.4, -0.2) is 29.4 Å². The van der Waals surface area contributed by atoms with Gasteiger partial charge in [-0.3, -0.25) is 9.67 Å². The molecule has 7 heteroatoms. The minimum atomic E-state index is 0.541. The predicted molar refractivity (Wildman–Crippen MR) is 74.8 cm³/mol. The van der Waals surface area contributed by atoms with Gasteiger partial charge in [0.05, 0.1) is 17.9 Å². The Balaban J connectivity index is 1.74. The van der Waals surface area contributed by atoms with E-state index in [0.717, 1.165) is 16.6 Å². The van der Waals surface area contributed by atoms with Crippen LogP contribution >= 0.6 is 0 Å². The number of hydrogen-bond acceptors (Lipinski definition) is 5. The van der Waals surface area contributed by atoms with E-state index in [-0.39, 0.29) is 0 Å². The van der Waals surface area contributed by atoms with Crippen molar-refractivity contribution in [3.8, 4) is 0 Å². The van der Waals surface area contributed by atoms with Crippen LogP contribution in [0.15, 0.2) is 43.0 Å². The van der Waals surface area contributed by atoms with E-state index in [9.17, 15) is 0 Å². The first-order valence-electron chi connectivity index (χ1n) is 6.15. The van der Waals surface area contributed by atoms with Crippen molar-refractivity contribution in [3.63, 3.8) is 0 Å². The summed E-state index contributed by atoms with van der Waals surface area (Å²) in [7, 11) is 1.92. The highest BCUT2D eigenvalue weighted by Crippen LogP contribution is 2.20. The lowest BCUT2D eigenvalue weighted by molar-refractivity contribution is 0.797. The summed E-state index contributed by atoms with van der Waals surface area (Å²) < 4.78 is 3.51. The molecule has 0 radical (unpaired) electrons. The second-order valence-corrected chi connectivity index (χ2v) is 4.48. The smallest absolute Gasteiger partial charge is 0.247 e. The minimum absolute atomic E-state index is 0.541. The number of nitrogens with zero attached hydrogens (tertiary/aromatic N) is 6. The summed E-state index contributed by atoms with van der Waals surface area (Å²) in [5.74, 6) is 0.541. The van der Waals surface area contributed by atoms with Crippen molar-refractivity contribution in [3.05, 3.63) is 43.0 Å². The molecular weight excluding hydrogens is 254 g/mol. The van der Waals surface area contributed by atoms with Gasteiger partial charge in [0.25, 0.3) is 0 Å². The first-order valence-corrected chi connectivity index (χ1v) is 6.15. The van der Waals surface area contributed by atoms with E-state index < -0.39 is 0 Å². The Morgan fingerprint density at radius 3 is 3.05 bits per heavy atom. The zero-order valence-corrected chi connectivity index (χ0v) is 10.7. The van der Waals surface area contributed by atoms with Crippen LogP contribution < -0.4 is 5.32 Å². The third-order valence-corrected chi connectivity index (χ3v) is 3.15. The molecule has 20 heavy (non-hydrogen) atoms. The van der Waals surface area contributed by atoms with Crippen molar-refractivity contribution in [2.45, 2.75) is 0 Å². The molecule has 0 aliphatic rings. The van der Waals surface area contributed by atoms with Gasteiger partial charge in [0.15, 0.2) is 5.65 Å². The highest BCUT2D eigenvalue weighted by molar-refractivity contribution is 5.82. The van der Waals surface area contributed by atoms with Gasteiger partial charge < -0.3 is 5.32 Å². The normalized spacial score (nSPS) is 11.2. The monoisotopic (exact) mass is 265 g/mol. The van der Waals surface area contributed by atoms with E-state index in [1.54, 1.807) is 23.1 Å². The molecule has 0 aliphatic heterocycles. The molecule has 3 aromatic heterocycles. The Morgan fingerprint density at radius 1 is 1.20 bits per heavy atom. The molecule has 1 aromatic carbocycles. The third-order valence-electron chi connectivity index (χ3n) is 3.15. The topological polar surface area (TPSA) is 72.9 Å².